The zero-order valence-corrected chi connectivity index (χ0v) is 10.3. The Morgan fingerprint density at radius 3 is 2.94 bits per heavy atom. The number of aromatic nitrogens is 1. The van der Waals surface area contributed by atoms with Crippen molar-refractivity contribution in [1.29, 1.82) is 0 Å². The van der Waals surface area contributed by atoms with Crippen LogP contribution in [0.1, 0.15) is 10.9 Å². The molecular formula is C12H14N2O2S. The molecule has 0 bridgehead atoms. The van der Waals surface area contributed by atoms with Crippen LogP contribution in [0, 0.1) is 0 Å². The average Bonchev–Trinajstić information content (AvgIpc) is 2.90. The van der Waals surface area contributed by atoms with Gasteiger partial charge in [-0.1, -0.05) is 12.1 Å². The van der Waals surface area contributed by atoms with Crippen LogP contribution in [0.4, 0.5) is 5.69 Å². The fourth-order valence-corrected chi connectivity index (χ4v) is 2.22. The lowest BCUT2D eigenvalue weighted by Crippen LogP contribution is -2.14. The molecule has 0 aliphatic heterocycles. The number of thiazole rings is 1. The number of ether oxygens (including phenoxy) is 1. The van der Waals surface area contributed by atoms with Crippen molar-refractivity contribution in [1.82, 2.24) is 4.98 Å². The third kappa shape index (κ3) is 2.75. The summed E-state index contributed by atoms with van der Waals surface area (Å²) in [5.41, 5.74) is 2.62. The summed E-state index contributed by atoms with van der Waals surface area (Å²) in [5.74, 6) is 0.760. The molecule has 4 nitrogen and oxygen atoms in total. The number of anilines is 1. The molecule has 0 aliphatic rings. The van der Waals surface area contributed by atoms with E-state index in [1.807, 2.05) is 24.3 Å². The maximum absolute atomic E-state index is 9.40. The molecule has 17 heavy (non-hydrogen) atoms. The molecule has 90 valence electrons. The number of hydrogen-bond donors (Lipinski definition) is 2. The van der Waals surface area contributed by atoms with Gasteiger partial charge in [-0.2, -0.15) is 0 Å². The molecule has 1 unspecified atom stereocenters. The van der Waals surface area contributed by atoms with Gasteiger partial charge in [0, 0.05) is 11.1 Å². The fourth-order valence-electron chi connectivity index (χ4n) is 1.56. The largest absolute Gasteiger partial charge is 0.495 e. The molecule has 0 spiro atoms. The Labute approximate surface area is 104 Å². The molecule has 2 rings (SSSR count). The Bertz CT molecular complexity index is 459. The maximum atomic E-state index is 9.40. The highest BCUT2D eigenvalue weighted by Gasteiger charge is 2.13. The normalized spacial score (nSPS) is 12.1. The van der Waals surface area contributed by atoms with E-state index in [0.717, 1.165) is 16.3 Å². The smallest absolute Gasteiger partial charge is 0.141 e. The summed E-state index contributed by atoms with van der Waals surface area (Å²) < 4.78 is 5.25. The molecule has 2 aromatic rings. The minimum atomic E-state index is -0.154. The fraction of sp³-hybridized carbons (Fsp3) is 0.250. The number of nitrogens with one attached hydrogen (secondary N) is 1. The molecule has 5 heteroatoms. The lowest BCUT2D eigenvalue weighted by molar-refractivity contribution is 0.277. The molecule has 0 saturated carbocycles. The topological polar surface area (TPSA) is 54.4 Å². The van der Waals surface area contributed by atoms with Gasteiger partial charge in [-0.25, -0.2) is 0 Å². The molecule has 1 aromatic carbocycles. The average molecular weight is 250 g/mol. The molecule has 1 atom stereocenters. The van der Waals surface area contributed by atoms with E-state index in [9.17, 15) is 5.11 Å². The van der Waals surface area contributed by atoms with Gasteiger partial charge in [-0.05, 0) is 12.1 Å². The van der Waals surface area contributed by atoms with Crippen LogP contribution in [0.25, 0.3) is 0 Å². The monoisotopic (exact) mass is 250 g/mol. The lowest BCUT2D eigenvalue weighted by atomic mass is 10.2. The van der Waals surface area contributed by atoms with Gasteiger partial charge in [-0.15, -0.1) is 11.3 Å². The molecule has 0 fully saturated rings. The van der Waals surface area contributed by atoms with Crippen molar-refractivity contribution in [3.05, 3.63) is 40.8 Å². The minimum Gasteiger partial charge on any atom is -0.495 e. The number of methoxy groups -OCH3 is 1. The number of benzene rings is 1. The highest BCUT2D eigenvalue weighted by atomic mass is 32.1. The molecule has 0 aliphatic carbocycles. The number of aliphatic hydroxyl groups excluding tert-OH is 1. The van der Waals surface area contributed by atoms with Crippen LogP contribution in [-0.4, -0.2) is 23.8 Å². The molecular weight excluding hydrogens is 236 g/mol. The number of para-hydroxylation sites is 2. The van der Waals surface area contributed by atoms with Crippen LogP contribution in [0.5, 0.6) is 5.75 Å². The van der Waals surface area contributed by atoms with Crippen molar-refractivity contribution >= 4 is 17.0 Å². The van der Waals surface area contributed by atoms with Gasteiger partial charge in [0.25, 0.3) is 0 Å². The van der Waals surface area contributed by atoms with Gasteiger partial charge in [0.2, 0.25) is 0 Å². The van der Waals surface area contributed by atoms with Crippen molar-refractivity contribution < 1.29 is 9.84 Å². The molecule has 0 radical (unpaired) electrons. The first-order valence-electron chi connectivity index (χ1n) is 5.24. The summed E-state index contributed by atoms with van der Waals surface area (Å²) in [4.78, 5) is 5.01. The Morgan fingerprint density at radius 2 is 2.29 bits per heavy atom. The van der Waals surface area contributed by atoms with Crippen LogP contribution in [0.3, 0.4) is 0 Å². The Kier molecular flexibility index (Phi) is 3.95. The van der Waals surface area contributed by atoms with Crippen molar-refractivity contribution in [3.63, 3.8) is 0 Å². The third-order valence-corrected chi connectivity index (χ3v) is 3.30. The van der Waals surface area contributed by atoms with Crippen LogP contribution in [0.2, 0.25) is 0 Å². The number of hydrogen-bond acceptors (Lipinski definition) is 5. The molecule has 0 amide bonds. The summed E-state index contributed by atoms with van der Waals surface area (Å²) in [7, 11) is 1.63. The van der Waals surface area contributed by atoms with Crippen LogP contribution < -0.4 is 10.1 Å². The van der Waals surface area contributed by atoms with Crippen LogP contribution >= 0.6 is 11.3 Å². The Morgan fingerprint density at radius 1 is 1.47 bits per heavy atom. The van der Waals surface area contributed by atoms with Crippen LogP contribution in [0.15, 0.2) is 36.0 Å². The van der Waals surface area contributed by atoms with E-state index >= 15 is 0 Å². The van der Waals surface area contributed by atoms with Gasteiger partial charge in [0.05, 0.1) is 31.0 Å². The standard InChI is InChI=1S/C12H14N2O2S/c1-16-11-5-3-2-4-9(11)14-10(7-15)12-6-13-8-17-12/h2-6,8,10,14-15H,7H2,1H3. The van der Waals surface area contributed by atoms with Crippen LogP contribution in [-0.2, 0) is 0 Å². The van der Waals surface area contributed by atoms with Gasteiger partial charge >= 0.3 is 0 Å². The highest BCUT2D eigenvalue weighted by molar-refractivity contribution is 7.09. The summed E-state index contributed by atoms with van der Waals surface area (Å²) in [6.07, 6.45) is 1.76. The van der Waals surface area contributed by atoms with Gasteiger partial charge in [0.15, 0.2) is 0 Å². The van der Waals surface area contributed by atoms with E-state index in [1.54, 1.807) is 18.8 Å². The molecule has 1 aromatic heterocycles. The van der Waals surface area contributed by atoms with Gasteiger partial charge < -0.3 is 15.2 Å². The summed E-state index contributed by atoms with van der Waals surface area (Å²) in [6.45, 7) is 0.0141. The SMILES string of the molecule is COc1ccccc1NC(CO)c1cncs1. The maximum Gasteiger partial charge on any atom is 0.141 e. The third-order valence-electron chi connectivity index (χ3n) is 2.41. The highest BCUT2D eigenvalue weighted by Crippen LogP contribution is 2.28. The van der Waals surface area contributed by atoms with E-state index in [4.69, 9.17) is 4.74 Å². The summed E-state index contributed by atoms with van der Waals surface area (Å²) in [5, 5.41) is 12.6. The van der Waals surface area contributed by atoms with E-state index in [0.29, 0.717) is 0 Å². The van der Waals surface area contributed by atoms with Crippen molar-refractivity contribution in [2.24, 2.45) is 0 Å². The second-order valence-electron chi connectivity index (χ2n) is 3.48. The first-order chi connectivity index (χ1) is 8.35. The Hall–Kier alpha value is -1.59. The van der Waals surface area contributed by atoms with E-state index in [-0.39, 0.29) is 12.6 Å². The second-order valence-corrected chi connectivity index (χ2v) is 4.40. The van der Waals surface area contributed by atoms with E-state index in [2.05, 4.69) is 10.3 Å². The van der Waals surface area contributed by atoms with E-state index in [1.165, 1.54) is 11.3 Å². The zero-order chi connectivity index (χ0) is 12.1. The molecule has 0 saturated heterocycles. The predicted octanol–water partition coefficient (Wildman–Crippen LogP) is 2.30. The first-order valence-corrected chi connectivity index (χ1v) is 6.12. The van der Waals surface area contributed by atoms with Crippen molar-refractivity contribution in [3.8, 4) is 5.75 Å². The van der Waals surface area contributed by atoms with Gasteiger partial charge in [-0.3, -0.25) is 4.98 Å². The van der Waals surface area contributed by atoms with Crippen molar-refractivity contribution in [2.45, 2.75) is 6.04 Å². The van der Waals surface area contributed by atoms with Gasteiger partial charge in [0.1, 0.15) is 5.75 Å². The second kappa shape index (κ2) is 5.65. The van der Waals surface area contributed by atoms with Crippen molar-refractivity contribution in [2.75, 3.05) is 19.0 Å². The Balaban J connectivity index is 2.18. The number of rotatable bonds is 5. The minimum absolute atomic E-state index is 0.0141. The molecule has 2 N–H and O–H groups in total. The molecule has 1 heterocycles. The predicted molar refractivity (Wildman–Crippen MR) is 68.6 cm³/mol. The number of aliphatic hydroxyl groups is 1. The van der Waals surface area contributed by atoms with E-state index < -0.39 is 0 Å². The summed E-state index contributed by atoms with van der Waals surface area (Å²) >= 11 is 1.51. The lowest BCUT2D eigenvalue weighted by Gasteiger charge is -2.17. The number of nitrogens with zero attached hydrogens (tertiary/aromatic N) is 1. The summed E-state index contributed by atoms with van der Waals surface area (Å²) in [6, 6.07) is 7.47. The quantitative estimate of drug-likeness (QED) is 0.855. The first kappa shape index (κ1) is 11.9. The zero-order valence-electron chi connectivity index (χ0n) is 9.46.